The van der Waals surface area contributed by atoms with Crippen LogP contribution in [0.3, 0.4) is 0 Å². The standard InChI is InChI=1S/C22H22N8O3/c1-13-4-6-16(7-5-13)12-32-18-10-8-17(9-11-18)14(2)24-26-22(31)19-15(3)25-29-30(19)21-20(23)27-33-28-21/h4-11H,12H2,1-3H3,(H2,23,27)(H,26,31)/b24-14-. The smallest absolute Gasteiger partial charge is 0.292 e. The number of carbonyl (C=O) groups excluding carboxylic acids is 1. The largest absolute Gasteiger partial charge is 0.489 e. The maximum Gasteiger partial charge on any atom is 0.292 e. The molecule has 0 radical (unpaired) electrons. The molecule has 0 aliphatic heterocycles. The summed E-state index contributed by atoms with van der Waals surface area (Å²) in [6, 6.07) is 15.6. The molecule has 168 valence electrons. The van der Waals surface area contributed by atoms with Crippen LogP contribution < -0.4 is 15.9 Å². The molecule has 0 atom stereocenters. The Morgan fingerprint density at radius 3 is 2.52 bits per heavy atom. The average Bonchev–Trinajstić information content (AvgIpc) is 3.42. The lowest BCUT2D eigenvalue weighted by molar-refractivity contribution is 0.0946. The fraction of sp³-hybridized carbons (Fsp3) is 0.182. The number of anilines is 1. The molecule has 2 heterocycles. The Morgan fingerprint density at radius 1 is 1.12 bits per heavy atom. The zero-order valence-corrected chi connectivity index (χ0v) is 18.3. The number of hydrogen-bond donors (Lipinski definition) is 2. The summed E-state index contributed by atoms with van der Waals surface area (Å²) in [6.45, 7) is 5.94. The van der Waals surface area contributed by atoms with Gasteiger partial charge >= 0.3 is 0 Å². The normalized spacial score (nSPS) is 11.4. The van der Waals surface area contributed by atoms with Gasteiger partial charge in [0, 0.05) is 0 Å². The number of aryl methyl sites for hydroxylation is 2. The summed E-state index contributed by atoms with van der Waals surface area (Å²) >= 11 is 0. The second-order valence-electron chi connectivity index (χ2n) is 7.35. The van der Waals surface area contributed by atoms with E-state index >= 15 is 0 Å². The Labute approximate surface area is 189 Å². The van der Waals surface area contributed by atoms with Gasteiger partial charge in [0.25, 0.3) is 5.91 Å². The number of nitrogens with zero attached hydrogens (tertiary/aromatic N) is 6. The van der Waals surface area contributed by atoms with E-state index in [0.29, 0.717) is 18.0 Å². The molecule has 0 aliphatic rings. The number of rotatable bonds is 7. The second kappa shape index (κ2) is 9.30. The SMILES string of the molecule is C/C(=N/NC(=O)c1c(C)nnn1-c1nonc1N)c1ccc(OCc2ccc(C)cc2)cc1. The zero-order valence-electron chi connectivity index (χ0n) is 18.3. The molecule has 0 saturated heterocycles. The summed E-state index contributed by atoms with van der Waals surface area (Å²) in [4.78, 5) is 12.7. The van der Waals surface area contributed by atoms with Crippen LogP contribution in [-0.2, 0) is 6.61 Å². The highest BCUT2D eigenvalue weighted by molar-refractivity contribution is 6.00. The van der Waals surface area contributed by atoms with Crippen molar-refractivity contribution in [2.75, 3.05) is 5.73 Å². The molecular formula is C22H22N8O3. The molecule has 0 saturated carbocycles. The van der Waals surface area contributed by atoms with Crippen molar-refractivity contribution in [1.82, 2.24) is 30.7 Å². The summed E-state index contributed by atoms with van der Waals surface area (Å²) in [7, 11) is 0. The average molecular weight is 446 g/mol. The van der Waals surface area contributed by atoms with Crippen molar-refractivity contribution in [2.24, 2.45) is 5.10 Å². The molecular weight excluding hydrogens is 424 g/mol. The monoisotopic (exact) mass is 446 g/mol. The first-order valence-corrected chi connectivity index (χ1v) is 10.1. The molecule has 33 heavy (non-hydrogen) atoms. The highest BCUT2D eigenvalue weighted by atomic mass is 16.6. The van der Waals surface area contributed by atoms with Crippen molar-refractivity contribution in [3.63, 3.8) is 0 Å². The van der Waals surface area contributed by atoms with Crippen LogP contribution in [0.4, 0.5) is 5.82 Å². The van der Waals surface area contributed by atoms with E-state index in [0.717, 1.165) is 21.6 Å². The van der Waals surface area contributed by atoms with Gasteiger partial charge in [-0.2, -0.15) is 9.78 Å². The first kappa shape index (κ1) is 21.7. The maximum atomic E-state index is 12.7. The summed E-state index contributed by atoms with van der Waals surface area (Å²) in [6.07, 6.45) is 0. The van der Waals surface area contributed by atoms with Gasteiger partial charge in [0.15, 0.2) is 5.69 Å². The van der Waals surface area contributed by atoms with Crippen LogP contribution in [0.25, 0.3) is 5.82 Å². The van der Waals surface area contributed by atoms with Gasteiger partial charge in [-0.3, -0.25) is 4.79 Å². The molecule has 11 heteroatoms. The van der Waals surface area contributed by atoms with Gasteiger partial charge in [-0.05, 0) is 66.5 Å². The summed E-state index contributed by atoms with van der Waals surface area (Å²) in [5, 5.41) is 19.1. The predicted molar refractivity (Wildman–Crippen MR) is 120 cm³/mol. The van der Waals surface area contributed by atoms with E-state index < -0.39 is 5.91 Å². The highest BCUT2D eigenvalue weighted by Gasteiger charge is 2.22. The van der Waals surface area contributed by atoms with Crippen molar-refractivity contribution >= 4 is 17.4 Å². The van der Waals surface area contributed by atoms with Gasteiger partial charge < -0.3 is 10.5 Å². The number of nitrogen functional groups attached to an aromatic ring is 1. The molecule has 0 spiro atoms. The van der Waals surface area contributed by atoms with Crippen LogP contribution in [0.5, 0.6) is 5.75 Å². The molecule has 2 aromatic heterocycles. The first-order chi connectivity index (χ1) is 15.9. The van der Waals surface area contributed by atoms with E-state index in [1.165, 1.54) is 5.56 Å². The first-order valence-electron chi connectivity index (χ1n) is 10.1. The van der Waals surface area contributed by atoms with Crippen molar-refractivity contribution in [3.8, 4) is 11.6 Å². The number of amides is 1. The fourth-order valence-electron chi connectivity index (χ4n) is 3.00. The Hall–Kier alpha value is -4.54. The number of carbonyl (C=O) groups is 1. The summed E-state index contributed by atoms with van der Waals surface area (Å²) < 4.78 is 11.6. The van der Waals surface area contributed by atoms with Gasteiger partial charge in [0.2, 0.25) is 11.6 Å². The van der Waals surface area contributed by atoms with Crippen molar-refractivity contribution < 1.29 is 14.2 Å². The van der Waals surface area contributed by atoms with E-state index in [2.05, 4.69) is 47.9 Å². The quantitative estimate of drug-likeness (QED) is 0.325. The van der Waals surface area contributed by atoms with Crippen LogP contribution in [0, 0.1) is 13.8 Å². The van der Waals surface area contributed by atoms with Crippen molar-refractivity contribution in [2.45, 2.75) is 27.4 Å². The number of nitrogens with one attached hydrogen (secondary N) is 1. The highest BCUT2D eigenvalue weighted by Crippen LogP contribution is 2.16. The fourth-order valence-corrected chi connectivity index (χ4v) is 3.00. The Morgan fingerprint density at radius 2 is 1.85 bits per heavy atom. The second-order valence-corrected chi connectivity index (χ2v) is 7.35. The van der Waals surface area contributed by atoms with E-state index in [1.54, 1.807) is 13.8 Å². The van der Waals surface area contributed by atoms with Gasteiger partial charge in [-0.1, -0.05) is 35.0 Å². The van der Waals surface area contributed by atoms with Gasteiger partial charge in [0.05, 0.1) is 11.4 Å². The number of hydrogen-bond acceptors (Lipinski definition) is 9. The van der Waals surface area contributed by atoms with Crippen molar-refractivity contribution in [1.29, 1.82) is 0 Å². The van der Waals surface area contributed by atoms with Gasteiger partial charge in [-0.25, -0.2) is 10.1 Å². The molecule has 0 aliphatic carbocycles. The third kappa shape index (κ3) is 4.87. The summed E-state index contributed by atoms with van der Waals surface area (Å²) in [5.74, 6) is 0.263. The molecule has 2 aromatic carbocycles. The predicted octanol–water partition coefficient (Wildman–Crippen LogP) is 2.58. The molecule has 1 amide bonds. The molecule has 0 bridgehead atoms. The zero-order chi connectivity index (χ0) is 23.4. The Balaban J connectivity index is 1.41. The molecule has 3 N–H and O–H groups in total. The molecule has 4 aromatic rings. The van der Waals surface area contributed by atoms with Gasteiger partial charge in [-0.15, -0.1) is 5.10 Å². The van der Waals surface area contributed by atoms with E-state index in [1.807, 2.05) is 43.3 Å². The van der Waals surface area contributed by atoms with Gasteiger partial charge in [0.1, 0.15) is 12.4 Å². The number of aromatic nitrogens is 5. The van der Waals surface area contributed by atoms with E-state index in [4.69, 9.17) is 10.5 Å². The molecule has 0 fully saturated rings. The lowest BCUT2D eigenvalue weighted by Gasteiger charge is -2.08. The van der Waals surface area contributed by atoms with E-state index in [9.17, 15) is 4.79 Å². The number of benzene rings is 2. The third-order valence-corrected chi connectivity index (χ3v) is 4.87. The van der Waals surface area contributed by atoms with Crippen LogP contribution >= 0.6 is 0 Å². The minimum Gasteiger partial charge on any atom is -0.489 e. The van der Waals surface area contributed by atoms with Crippen molar-refractivity contribution in [3.05, 3.63) is 76.6 Å². The number of ether oxygens (including phenoxy) is 1. The minimum atomic E-state index is -0.530. The number of nitrogens with two attached hydrogens (primary N) is 1. The lowest BCUT2D eigenvalue weighted by atomic mass is 10.1. The minimum absolute atomic E-state index is 0.0154. The van der Waals surface area contributed by atoms with Crippen LogP contribution in [0.15, 0.2) is 58.3 Å². The Kier molecular flexibility index (Phi) is 6.11. The maximum absolute atomic E-state index is 12.7. The van der Waals surface area contributed by atoms with E-state index in [-0.39, 0.29) is 17.3 Å². The summed E-state index contributed by atoms with van der Waals surface area (Å²) in [5.41, 5.74) is 12.4. The topological polar surface area (TPSA) is 146 Å². The molecule has 4 rings (SSSR count). The molecule has 11 nitrogen and oxygen atoms in total. The molecule has 0 unspecified atom stereocenters. The lowest BCUT2D eigenvalue weighted by Crippen LogP contribution is -2.24. The Bertz CT molecular complexity index is 1290. The van der Waals surface area contributed by atoms with Crippen LogP contribution in [0.2, 0.25) is 0 Å². The third-order valence-electron chi connectivity index (χ3n) is 4.87. The van der Waals surface area contributed by atoms with Crippen LogP contribution in [0.1, 0.15) is 39.8 Å². The number of hydrazone groups is 1. The van der Waals surface area contributed by atoms with Crippen LogP contribution in [-0.4, -0.2) is 36.9 Å².